The normalized spacial score (nSPS) is 25.7. The maximum absolute atomic E-state index is 12.1. The van der Waals surface area contributed by atoms with Gasteiger partial charge in [0.1, 0.15) is 5.69 Å². The number of nitrogens with zero attached hydrogens (tertiary/aromatic N) is 3. The largest absolute Gasteiger partial charge is 0.410 e. The van der Waals surface area contributed by atoms with Gasteiger partial charge in [0.15, 0.2) is 0 Å². The topological polar surface area (TPSA) is 80.9 Å². The van der Waals surface area contributed by atoms with Crippen molar-refractivity contribution >= 4 is 17.7 Å². The van der Waals surface area contributed by atoms with E-state index in [1.807, 2.05) is 18.2 Å². The molecule has 23 heavy (non-hydrogen) atoms. The van der Waals surface area contributed by atoms with E-state index in [4.69, 9.17) is 4.42 Å². The molecule has 2 aromatic rings. The molecule has 6 nitrogen and oxygen atoms in total. The Morgan fingerprint density at radius 2 is 2.26 bits per heavy atom. The Labute approximate surface area is 138 Å². The molecular formula is C16H18N4O2S. The summed E-state index contributed by atoms with van der Waals surface area (Å²) in [6, 6.07) is 5.87. The van der Waals surface area contributed by atoms with E-state index in [0.717, 1.165) is 12.3 Å². The highest BCUT2D eigenvalue weighted by atomic mass is 32.2. The highest BCUT2D eigenvalue weighted by Crippen LogP contribution is 2.44. The van der Waals surface area contributed by atoms with Gasteiger partial charge in [0.05, 0.1) is 5.75 Å². The van der Waals surface area contributed by atoms with Crippen molar-refractivity contribution in [2.24, 2.45) is 11.8 Å². The molecule has 2 aromatic heterocycles. The Morgan fingerprint density at radius 1 is 1.30 bits per heavy atom. The van der Waals surface area contributed by atoms with Gasteiger partial charge in [0.2, 0.25) is 5.91 Å². The van der Waals surface area contributed by atoms with Crippen LogP contribution in [0.15, 0.2) is 34.0 Å². The van der Waals surface area contributed by atoms with Crippen LogP contribution in [0.1, 0.15) is 25.7 Å². The molecule has 2 fully saturated rings. The summed E-state index contributed by atoms with van der Waals surface area (Å²) in [5, 5.41) is 11.5. The Hall–Kier alpha value is -1.89. The quantitative estimate of drug-likeness (QED) is 0.849. The number of thioether (sulfide) groups is 1. The average Bonchev–Trinajstić information content (AvgIpc) is 3.30. The molecule has 3 atom stereocenters. The summed E-state index contributed by atoms with van der Waals surface area (Å²) in [4.78, 5) is 16.3. The molecule has 2 aliphatic rings. The van der Waals surface area contributed by atoms with E-state index in [-0.39, 0.29) is 5.91 Å². The number of carbonyl (C=O) groups is 1. The van der Waals surface area contributed by atoms with Crippen LogP contribution < -0.4 is 5.32 Å². The lowest BCUT2D eigenvalue weighted by Gasteiger charge is -2.22. The number of rotatable bonds is 5. The molecule has 0 unspecified atom stereocenters. The zero-order valence-corrected chi connectivity index (χ0v) is 13.5. The summed E-state index contributed by atoms with van der Waals surface area (Å²) in [6.07, 6.45) is 6.71. The summed E-state index contributed by atoms with van der Waals surface area (Å²) in [5.41, 5.74) is 0.637. The van der Waals surface area contributed by atoms with Crippen LogP contribution in [-0.4, -0.2) is 32.9 Å². The molecule has 1 N–H and O–H groups in total. The number of fused-ring (bicyclic) bond motifs is 2. The lowest BCUT2D eigenvalue weighted by molar-refractivity contribution is -0.119. The zero-order chi connectivity index (χ0) is 15.6. The molecule has 7 heteroatoms. The standard InChI is InChI=1S/C16H18N4O2S/c21-14(18-13-8-10-4-5-11(13)7-10)9-23-16-20-19-15(22-16)12-3-1-2-6-17-12/h1-3,6,10-11,13H,4-5,7-9H2,(H,18,21)/t10-,11-,13-/m0/s1. The average molecular weight is 330 g/mol. The predicted octanol–water partition coefficient (Wildman–Crippen LogP) is 2.53. The third-order valence-corrected chi connectivity index (χ3v) is 5.52. The van der Waals surface area contributed by atoms with Gasteiger partial charge in [0, 0.05) is 12.2 Å². The van der Waals surface area contributed by atoms with Crippen LogP contribution >= 0.6 is 11.8 Å². The van der Waals surface area contributed by atoms with Gasteiger partial charge in [-0.25, -0.2) is 0 Å². The van der Waals surface area contributed by atoms with Gasteiger partial charge in [-0.1, -0.05) is 24.2 Å². The van der Waals surface area contributed by atoms with Gasteiger partial charge >= 0.3 is 0 Å². The van der Waals surface area contributed by atoms with Crippen LogP contribution in [0.25, 0.3) is 11.6 Å². The van der Waals surface area contributed by atoms with Crippen LogP contribution in [0.3, 0.4) is 0 Å². The van der Waals surface area contributed by atoms with Crippen molar-refractivity contribution in [3.63, 3.8) is 0 Å². The summed E-state index contributed by atoms with van der Waals surface area (Å²) in [7, 11) is 0. The maximum atomic E-state index is 12.1. The minimum absolute atomic E-state index is 0.0464. The molecule has 120 valence electrons. The maximum Gasteiger partial charge on any atom is 0.277 e. The van der Waals surface area contributed by atoms with E-state index < -0.39 is 0 Å². The number of carbonyl (C=O) groups excluding carboxylic acids is 1. The van der Waals surface area contributed by atoms with Gasteiger partial charge in [-0.3, -0.25) is 9.78 Å². The molecule has 2 aliphatic carbocycles. The first-order valence-corrected chi connectivity index (χ1v) is 8.93. The lowest BCUT2D eigenvalue weighted by atomic mass is 9.95. The second kappa shape index (κ2) is 6.31. The van der Waals surface area contributed by atoms with Gasteiger partial charge < -0.3 is 9.73 Å². The fourth-order valence-electron chi connectivity index (χ4n) is 3.66. The van der Waals surface area contributed by atoms with Crippen molar-refractivity contribution in [3.8, 4) is 11.6 Å². The molecule has 2 bridgehead atoms. The Kier molecular flexibility index (Phi) is 4.03. The van der Waals surface area contributed by atoms with Gasteiger partial charge in [-0.2, -0.15) is 0 Å². The summed E-state index contributed by atoms with van der Waals surface area (Å²) >= 11 is 1.27. The molecule has 0 aliphatic heterocycles. The van der Waals surface area contributed by atoms with Gasteiger partial charge in [0.25, 0.3) is 11.1 Å². The molecule has 1 amide bonds. The summed E-state index contributed by atoms with van der Waals surface area (Å²) < 4.78 is 5.54. The molecule has 0 saturated heterocycles. The minimum atomic E-state index is 0.0464. The summed E-state index contributed by atoms with van der Waals surface area (Å²) in [5.74, 6) is 2.24. The van der Waals surface area contributed by atoms with Crippen LogP contribution in [0.4, 0.5) is 0 Å². The van der Waals surface area contributed by atoms with Crippen LogP contribution in [0.5, 0.6) is 0 Å². The Bertz CT molecular complexity index is 690. The van der Waals surface area contributed by atoms with Crippen molar-refractivity contribution in [2.45, 2.75) is 36.9 Å². The Morgan fingerprint density at radius 3 is 3.00 bits per heavy atom. The molecule has 0 radical (unpaired) electrons. The third kappa shape index (κ3) is 3.24. The molecule has 0 aromatic carbocycles. The fourth-order valence-corrected chi connectivity index (χ4v) is 4.23. The van der Waals surface area contributed by atoms with Crippen molar-refractivity contribution in [3.05, 3.63) is 24.4 Å². The molecular weight excluding hydrogens is 312 g/mol. The number of hydrogen-bond donors (Lipinski definition) is 1. The van der Waals surface area contributed by atoms with Gasteiger partial charge in [-0.05, 0) is 43.2 Å². The molecule has 2 saturated carbocycles. The van der Waals surface area contributed by atoms with Crippen molar-refractivity contribution < 1.29 is 9.21 Å². The minimum Gasteiger partial charge on any atom is -0.410 e. The van der Waals surface area contributed by atoms with E-state index in [1.165, 1.54) is 31.0 Å². The monoisotopic (exact) mass is 330 g/mol. The van der Waals surface area contributed by atoms with Crippen LogP contribution in [-0.2, 0) is 4.79 Å². The van der Waals surface area contributed by atoms with E-state index in [0.29, 0.717) is 34.5 Å². The van der Waals surface area contributed by atoms with Crippen LogP contribution in [0.2, 0.25) is 0 Å². The SMILES string of the molecule is O=C(CSc1nnc(-c2ccccn2)o1)N[C@H]1C[C@H]2CC[C@H]1C2. The van der Waals surface area contributed by atoms with Crippen molar-refractivity contribution in [2.75, 3.05) is 5.75 Å². The molecule has 0 spiro atoms. The predicted molar refractivity (Wildman–Crippen MR) is 85.6 cm³/mol. The van der Waals surface area contributed by atoms with E-state index >= 15 is 0 Å². The van der Waals surface area contributed by atoms with E-state index in [2.05, 4.69) is 20.5 Å². The smallest absolute Gasteiger partial charge is 0.277 e. The fraction of sp³-hybridized carbons (Fsp3) is 0.500. The molecule has 2 heterocycles. The summed E-state index contributed by atoms with van der Waals surface area (Å²) in [6.45, 7) is 0. The third-order valence-electron chi connectivity index (χ3n) is 4.70. The van der Waals surface area contributed by atoms with Crippen LogP contribution in [0, 0.1) is 11.8 Å². The van der Waals surface area contributed by atoms with E-state index in [9.17, 15) is 4.79 Å². The first-order valence-electron chi connectivity index (χ1n) is 7.95. The number of pyridine rings is 1. The highest BCUT2D eigenvalue weighted by Gasteiger charge is 2.40. The first-order chi connectivity index (χ1) is 11.3. The molecule has 4 rings (SSSR count). The lowest BCUT2D eigenvalue weighted by Crippen LogP contribution is -2.39. The van der Waals surface area contributed by atoms with E-state index in [1.54, 1.807) is 6.20 Å². The number of hydrogen-bond acceptors (Lipinski definition) is 6. The Balaban J connectivity index is 1.29. The highest BCUT2D eigenvalue weighted by molar-refractivity contribution is 7.99. The number of aromatic nitrogens is 3. The van der Waals surface area contributed by atoms with Crippen molar-refractivity contribution in [1.29, 1.82) is 0 Å². The zero-order valence-electron chi connectivity index (χ0n) is 12.6. The number of amides is 1. The van der Waals surface area contributed by atoms with Gasteiger partial charge in [-0.15, -0.1) is 10.2 Å². The first kappa shape index (κ1) is 14.7. The van der Waals surface area contributed by atoms with Crippen molar-refractivity contribution in [1.82, 2.24) is 20.5 Å². The number of nitrogens with one attached hydrogen (secondary N) is 1. The second-order valence-corrected chi connectivity index (χ2v) is 7.15. The second-order valence-electron chi connectivity index (χ2n) is 6.23.